The van der Waals surface area contributed by atoms with Crippen molar-refractivity contribution in [3.63, 3.8) is 0 Å². The van der Waals surface area contributed by atoms with Gasteiger partial charge >= 0.3 is 6.36 Å². The van der Waals surface area contributed by atoms with Gasteiger partial charge < -0.3 is 10.5 Å². The molecule has 118 valence electrons. The molecule has 0 aliphatic carbocycles. The Morgan fingerprint density at radius 1 is 1.38 bits per heavy atom. The number of likely N-dealkylation sites (tertiary alicyclic amines) is 1. The Bertz CT molecular complexity index is 488. The molecule has 0 saturated carbocycles. The highest BCUT2D eigenvalue weighted by Gasteiger charge is 2.37. The summed E-state index contributed by atoms with van der Waals surface area (Å²) < 4.78 is 41.0. The number of nitrogens with two attached hydrogens (primary N) is 1. The molecule has 1 aliphatic rings. The molecule has 0 radical (unpaired) electrons. The zero-order valence-corrected chi connectivity index (χ0v) is 12.3. The van der Waals surface area contributed by atoms with Gasteiger partial charge in [-0.3, -0.25) is 4.90 Å². The molecule has 0 bridgehead atoms. The first-order valence-corrected chi connectivity index (χ1v) is 7.05. The van der Waals surface area contributed by atoms with E-state index in [4.69, 9.17) is 5.73 Å². The van der Waals surface area contributed by atoms with Crippen molar-refractivity contribution in [1.82, 2.24) is 4.90 Å². The van der Waals surface area contributed by atoms with Crippen LogP contribution in [0.15, 0.2) is 24.3 Å². The molecule has 1 saturated heterocycles. The number of nitrogens with zero attached hydrogens (tertiary/aromatic N) is 1. The Hall–Kier alpha value is -1.27. The highest BCUT2D eigenvalue weighted by atomic mass is 19.4. The third-order valence-electron chi connectivity index (χ3n) is 4.04. The third-order valence-corrected chi connectivity index (χ3v) is 4.04. The summed E-state index contributed by atoms with van der Waals surface area (Å²) in [6.07, 6.45) is -2.55. The van der Waals surface area contributed by atoms with Gasteiger partial charge in [-0.1, -0.05) is 12.1 Å². The lowest BCUT2D eigenvalue weighted by atomic mass is 9.97. The average Bonchev–Trinajstić information content (AvgIpc) is 2.69. The zero-order chi connectivity index (χ0) is 15.7. The first kappa shape index (κ1) is 16.1. The zero-order valence-electron chi connectivity index (χ0n) is 12.3. The first-order chi connectivity index (χ1) is 9.73. The Morgan fingerprint density at radius 3 is 2.62 bits per heavy atom. The molecule has 1 aromatic carbocycles. The number of ether oxygens (including phenoxy) is 1. The van der Waals surface area contributed by atoms with Crippen molar-refractivity contribution >= 4 is 0 Å². The maximum atomic E-state index is 12.3. The van der Waals surface area contributed by atoms with Gasteiger partial charge in [-0.25, -0.2) is 0 Å². The second-order valence-corrected chi connectivity index (χ2v) is 5.98. The van der Waals surface area contributed by atoms with Crippen molar-refractivity contribution in [1.29, 1.82) is 0 Å². The smallest absolute Gasteiger partial charge is 0.406 e. The minimum atomic E-state index is -4.68. The number of halogens is 3. The van der Waals surface area contributed by atoms with E-state index in [0.717, 1.165) is 24.9 Å². The molecule has 1 atom stereocenters. The van der Waals surface area contributed by atoms with Crippen LogP contribution in [0, 0.1) is 0 Å². The van der Waals surface area contributed by atoms with E-state index >= 15 is 0 Å². The first-order valence-electron chi connectivity index (χ1n) is 7.05. The van der Waals surface area contributed by atoms with Crippen LogP contribution in [-0.4, -0.2) is 29.9 Å². The molecule has 1 aromatic rings. The van der Waals surface area contributed by atoms with Crippen molar-refractivity contribution in [2.75, 3.05) is 13.1 Å². The number of alkyl halides is 3. The molecule has 21 heavy (non-hydrogen) atoms. The molecule has 0 amide bonds. The molecule has 1 fully saturated rings. The maximum absolute atomic E-state index is 12.3. The molecule has 6 heteroatoms. The Kier molecular flexibility index (Phi) is 4.49. The summed E-state index contributed by atoms with van der Waals surface area (Å²) in [5.74, 6) is -0.199. The van der Waals surface area contributed by atoms with Gasteiger partial charge in [0.25, 0.3) is 0 Å². The SMILES string of the molecule is CC1(C)CCCN1C(CN)c1cccc(OC(F)(F)F)c1. The molecule has 1 aliphatic heterocycles. The summed E-state index contributed by atoms with van der Waals surface area (Å²) in [5, 5.41) is 0. The summed E-state index contributed by atoms with van der Waals surface area (Å²) in [7, 11) is 0. The van der Waals surface area contributed by atoms with Crippen LogP contribution < -0.4 is 10.5 Å². The molecule has 3 nitrogen and oxygen atoms in total. The minimum Gasteiger partial charge on any atom is -0.406 e. The average molecular weight is 302 g/mol. The van der Waals surface area contributed by atoms with E-state index < -0.39 is 6.36 Å². The van der Waals surface area contributed by atoms with Crippen molar-refractivity contribution in [2.24, 2.45) is 5.73 Å². The number of hydrogen-bond donors (Lipinski definition) is 1. The lowest BCUT2D eigenvalue weighted by molar-refractivity contribution is -0.274. The van der Waals surface area contributed by atoms with E-state index in [9.17, 15) is 13.2 Å². The van der Waals surface area contributed by atoms with Crippen LogP contribution in [0.4, 0.5) is 13.2 Å². The lowest BCUT2D eigenvalue weighted by Crippen LogP contribution is -2.43. The molecule has 2 rings (SSSR count). The monoisotopic (exact) mass is 302 g/mol. The molecular formula is C15H21F3N2O. The Morgan fingerprint density at radius 2 is 2.10 bits per heavy atom. The van der Waals surface area contributed by atoms with Gasteiger partial charge in [0.2, 0.25) is 0 Å². The van der Waals surface area contributed by atoms with Crippen molar-refractivity contribution in [2.45, 2.75) is 44.6 Å². The number of hydrogen-bond acceptors (Lipinski definition) is 3. The summed E-state index contributed by atoms with van der Waals surface area (Å²) in [4.78, 5) is 2.26. The van der Waals surface area contributed by atoms with Crippen LogP contribution >= 0.6 is 0 Å². The van der Waals surface area contributed by atoms with Crippen LogP contribution in [0.5, 0.6) is 5.75 Å². The van der Waals surface area contributed by atoms with Crippen molar-refractivity contribution < 1.29 is 17.9 Å². The van der Waals surface area contributed by atoms with Gasteiger partial charge in [0, 0.05) is 18.1 Å². The third kappa shape index (κ3) is 3.89. The fourth-order valence-corrected chi connectivity index (χ4v) is 3.07. The summed E-state index contributed by atoms with van der Waals surface area (Å²) >= 11 is 0. The highest BCUT2D eigenvalue weighted by Crippen LogP contribution is 2.37. The number of rotatable bonds is 4. The molecule has 0 spiro atoms. The standard InChI is InChI=1S/C15H21F3N2O/c1-14(2)7-4-8-20(14)13(10-19)11-5-3-6-12(9-11)21-15(16,17)18/h3,5-6,9,13H,4,7-8,10,19H2,1-2H3. The van der Waals surface area contributed by atoms with Crippen LogP contribution in [0.3, 0.4) is 0 Å². The van der Waals surface area contributed by atoms with E-state index in [0.29, 0.717) is 6.54 Å². The van der Waals surface area contributed by atoms with Gasteiger partial charge in [0.05, 0.1) is 0 Å². The summed E-state index contributed by atoms with van der Waals surface area (Å²) in [6, 6.07) is 6.01. The lowest BCUT2D eigenvalue weighted by Gasteiger charge is -2.38. The molecule has 0 aromatic heterocycles. The summed E-state index contributed by atoms with van der Waals surface area (Å²) in [5.41, 5.74) is 6.64. The van der Waals surface area contributed by atoms with E-state index in [1.807, 2.05) is 0 Å². The van der Waals surface area contributed by atoms with Crippen molar-refractivity contribution in [3.8, 4) is 5.75 Å². The second kappa shape index (κ2) is 5.85. The predicted molar refractivity (Wildman–Crippen MR) is 74.9 cm³/mol. The molecular weight excluding hydrogens is 281 g/mol. The van der Waals surface area contributed by atoms with Crippen LogP contribution in [0.25, 0.3) is 0 Å². The van der Waals surface area contributed by atoms with E-state index in [2.05, 4.69) is 23.5 Å². The quantitative estimate of drug-likeness (QED) is 0.925. The minimum absolute atomic E-state index is 0.00489. The van der Waals surface area contributed by atoms with Gasteiger partial charge in [0.15, 0.2) is 0 Å². The van der Waals surface area contributed by atoms with Crippen LogP contribution in [0.2, 0.25) is 0 Å². The van der Waals surface area contributed by atoms with Crippen molar-refractivity contribution in [3.05, 3.63) is 29.8 Å². The van der Waals surface area contributed by atoms with Gasteiger partial charge in [0.1, 0.15) is 5.75 Å². The Balaban J connectivity index is 2.24. The van der Waals surface area contributed by atoms with Gasteiger partial charge in [-0.05, 0) is 50.9 Å². The fraction of sp³-hybridized carbons (Fsp3) is 0.600. The molecule has 2 N–H and O–H groups in total. The summed E-state index contributed by atoms with van der Waals surface area (Å²) in [6.45, 7) is 5.54. The predicted octanol–water partition coefficient (Wildman–Crippen LogP) is 3.46. The van der Waals surface area contributed by atoms with Gasteiger partial charge in [-0.15, -0.1) is 13.2 Å². The normalized spacial score (nSPS) is 20.5. The second-order valence-electron chi connectivity index (χ2n) is 5.98. The van der Waals surface area contributed by atoms with E-state index in [-0.39, 0.29) is 17.3 Å². The highest BCUT2D eigenvalue weighted by molar-refractivity contribution is 5.31. The Labute approximate surface area is 122 Å². The van der Waals surface area contributed by atoms with E-state index in [1.54, 1.807) is 12.1 Å². The maximum Gasteiger partial charge on any atom is 0.573 e. The topological polar surface area (TPSA) is 38.5 Å². The fourth-order valence-electron chi connectivity index (χ4n) is 3.07. The molecule has 1 unspecified atom stereocenters. The number of benzene rings is 1. The largest absolute Gasteiger partial charge is 0.573 e. The van der Waals surface area contributed by atoms with E-state index in [1.165, 1.54) is 12.1 Å². The van der Waals surface area contributed by atoms with Crippen LogP contribution in [0.1, 0.15) is 38.3 Å². The van der Waals surface area contributed by atoms with Crippen LogP contribution in [-0.2, 0) is 0 Å². The molecule has 1 heterocycles. The van der Waals surface area contributed by atoms with Gasteiger partial charge in [-0.2, -0.15) is 0 Å².